The minimum Gasteiger partial charge on any atom is -0.502 e. The van der Waals surface area contributed by atoms with Crippen molar-refractivity contribution in [3.63, 3.8) is 0 Å². The summed E-state index contributed by atoms with van der Waals surface area (Å²) in [5.41, 5.74) is 2.73. The molecule has 0 bridgehead atoms. The summed E-state index contributed by atoms with van der Waals surface area (Å²) in [6, 6.07) is 7.46. The van der Waals surface area contributed by atoms with Gasteiger partial charge in [-0.25, -0.2) is 0 Å². The molecule has 2 N–H and O–H groups in total. The maximum absolute atomic E-state index is 13.3. The predicted octanol–water partition coefficient (Wildman–Crippen LogP) is 3.58. The number of aromatic hydroxyl groups is 1. The molecule has 0 unspecified atom stereocenters. The Balaban J connectivity index is 1.32. The summed E-state index contributed by atoms with van der Waals surface area (Å²) in [6.45, 7) is 3.54. The quantitative estimate of drug-likeness (QED) is 0.260. The van der Waals surface area contributed by atoms with Crippen molar-refractivity contribution in [2.75, 3.05) is 59.6 Å². The van der Waals surface area contributed by atoms with Crippen molar-refractivity contribution in [2.24, 2.45) is 11.8 Å². The standard InChI is InChI=1S/C27H30N2O8S3/c1-33-20-7-14(8-21(34-2)25(20)31)23-15-9-18-19(37-13-36-18)10-16(15)26(17-11-35-27(32)24(17)23)39-40-38-12-22(30)29-5-3-28-4-6-29/h7-10,17,23-24,26,28,31H,3-6,11-13H2,1-2H3/t17-,23+,24-,26+/m0/s1. The molecule has 2 aromatic carbocycles. The summed E-state index contributed by atoms with van der Waals surface area (Å²) in [6.07, 6.45) is 0. The third-order valence-electron chi connectivity index (χ3n) is 7.82. The molecule has 2 fully saturated rings. The van der Waals surface area contributed by atoms with E-state index in [1.165, 1.54) is 25.0 Å². The number of nitrogens with zero attached hydrogens (tertiary/aromatic N) is 1. The highest BCUT2D eigenvalue weighted by molar-refractivity contribution is 9.09. The van der Waals surface area contributed by atoms with Gasteiger partial charge in [0.25, 0.3) is 0 Å². The number of phenolic OH excluding ortho intramolecular Hbond substituents is 1. The fraction of sp³-hybridized carbons (Fsp3) is 0.481. The van der Waals surface area contributed by atoms with Crippen LogP contribution in [0.1, 0.15) is 27.9 Å². The van der Waals surface area contributed by atoms with Gasteiger partial charge in [0, 0.05) is 43.3 Å². The van der Waals surface area contributed by atoms with Gasteiger partial charge in [-0.05, 0) is 50.8 Å². The summed E-state index contributed by atoms with van der Waals surface area (Å²) < 4.78 is 28.0. The van der Waals surface area contributed by atoms with Crippen molar-refractivity contribution >= 4 is 43.3 Å². The number of ether oxygens (including phenoxy) is 5. The topological polar surface area (TPSA) is 116 Å². The van der Waals surface area contributed by atoms with Crippen LogP contribution in [0.4, 0.5) is 0 Å². The SMILES string of the molecule is COc1cc([C@@H]2c3cc4c(cc3[C@@H](SSSCC(=O)N3CCNCC3)[C@H]3COC(=O)[C@H]23)OCO4)cc(OC)c1O. The van der Waals surface area contributed by atoms with Gasteiger partial charge in [0.2, 0.25) is 18.4 Å². The zero-order valence-corrected chi connectivity index (χ0v) is 24.5. The lowest BCUT2D eigenvalue weighted by molar-refractivity contribution is -0.141. The van der Waals surface area contributed by atoms with Crippen LogP contribution in [0.3, 0.4) is 0 Å². The number of fused-ring (bicyclic) bond motifs is 3. The number of amides is 1. The number of piperazine rings is 1. The number of esters is 1. The Morgan fingerprint density at radius 3 is 2.40 bits per heavy atom. The first-order chi connectivity index (χ1) is 19.5. The first-order valence-electron chi connectivity index (χ1n) is 13.0. The van der Waals surface area contributed by atoms with Crippen LogP contribution in [0, 0.1) is 11.8 Å². The van der Waals surface area contributed by atoms with E-state index >= 15 is 0 Å². The van der Waals surface area contributed by atoms with Gasteiger partial charge in [-0.15, -0.1) is 0 Å². The third kappa shape index (κ3) is 5.01. The molecule has 214 valence electrons. The largest absolute Gasteiger partial charge is 0.502 e. The number of phenols is 1. The zero-order valence-electron chi connectivity index (χ0n) is 22.0. The average Bonchev–Trinajstić information content (AvgIpc) is 3.60. The van der Waals surface area contributed by atoms with Gasteiger partial charge < -0.3 is 39.0 Å². The molecular weight excluding hydrogens is 577 g/mol. The molecule has 3 aliphatic heterocycles. The summed E-state index contributed by atoms with van der Waals surface area (Å²) >= 11 is 0. The molecule has 1 amide bonds. The van der Waals surface area contributed by atoms with Crippen molar-refractivity contribution in [1.82, 2.24) is 10.2 Å². The number of rotatable bonds is 8. The van der Waals surface area contributed by atoms with Crippen LogP contribution in [0.5, 0.6) is 28.7 Å². The highest BCUT2D eigenvalue weighted by Gasteiger charge is 2.53. The Morgan fingerprint density at radius 2 is 1.73 bits per heavy atom. The van der Waals surface area contributed by atoms with Gasteiger partial charge in [-0.2, -0.15) is 0 Å². The molecule has 3 heterocycles. The van der Waals surface area contributed by atoms with Gasteiger partial charge in [0.15, 0.2) is 23.0 Å². The lowest BCUT2D eigenvalue weighted by Gasteiger charge is -2.38. The van der Waals surface area contributed by atoms with E-state index in [1.807, 2.05) is 17.0 Å². The van der Waals surface area contributed by atoms with Gasteiger partial charge in [-0.1, -0.05) is 21.6 Å². The monoisotopic (exact) mass is 606 g/mol. The van der Waals surface area contributed by atoms with Gasteiger partial charge in [0.05, 0.1) is 32.5 Å². The van der Waals surface area contributed by atoms with Crippen LogP contribution < -0.4 is 24.3 Å². The molecule has 4 atom stereocenters. The summed E-state index contributed by atoms with van der Waals surface area (Å²) in [5.74, 6) is 1.02. The maximum Gasteiger partial charge on any atom is 0.310 e. The maximum atomic E-state index is 13.3. The van der Waals surface area contributed by atoms with Crippen LogP contribution >= 0.6 is 31.4 Å². The smallest absolute Gasteiger partial charge is 0.310 e. The second kappa shape index (κ2) is 11.7. The molecule has 40 heavy (non-hydrogen) atoms. The predicted molar refractivity (Wildman–Crippen MR) is 153 cm³/mol. The normalized spacial score (nSPS) is 24.8. The number of methoxy groups -OCH3 is 2. The van der Waals surface area contributed by atoms with Gasteiger partial charge in [-0.3, -0.25) is 9.59 Å². The molecule has 13 heteroatoms. The van der Waals surface area contributed by atoms with Crippen molar-refractivity contribution in [2.45, 2.75) is 11.2 Å². The van der Waals surface area contributed by atoms with Crippen molar-refractivity contribution < 1.29 is 38.4 Å². The Bertz CT molecular complexity index is 1280. The molecular formula is C27H30N2O8S3. The number of hydrogen-bond donors (Lipinski definition) is 2. The van der Waals surface area contributed by atoms with E-state index < -0.39 is 5.92 Å². The minimum absolute atomic E-state index is 0.0788. The molecule has 0 spiro atoms. The van der Waals surface area contributed by atoms with E-state index in [2.05, 4.69) is 5.32 Å². The van der Waals surface area contributed by atoms with Crippen molar-refractivity contribution in [3.8, 4) is 28.7 Å². The first kappa shape index (κ1) is 27.6. The lowest BCUT2D eigenvalue weighted by Crippen LogP contribution is -2.47. The van der Waals surface area contributed by atoms with E-state index in [1.54, 1.807) is 32.8 Å². The molecule has 0 saturated carbocycles. The number of carbonyl (C=O) groups excluding carboxylic acids is 2. The van der Waals surface area contributed by atoms with Gasteiger partial charge in [0.1, 0.15) is 0 Å². The molecule has 10 nitrogen and oxygen atoms in total. The minimum atomic E-state index is -0.461. The van der Waals surface area contributed by atoms with Crippen molar-refractivity contribution in [1.29, 1.82) is 0 Å². The summed E-state index contributed by atoms with van der Waals surface area (Å²) in [4.78, 5) is 27.8. The van der Waals surface area contributed by atoms with E-state index in [-0.39, 0.29) is 53.0 Å². The second-order valence-electron chi connectivity index (χ2n) is 9.88. The highest BCUT2D eigenvalue weighted by Crippen LogP contribution is 2.61. The molecule has 4 aliphatic rings. The van der Waals surface area contributed by atoms with E-state index in [9.17, 15) is 14.7 Å². The molecule has 2 aromatic rings. The number of nitrogens with one attached hydrogen (secondary N) is 1. The highest BCUT2D eigenvalue weighted by atomic mass is 33.5. The third-order valence-corrected chi connectivity index (χ3v) is 12.2. The summed E-state index contributed by atoms with van der Waals surface area (Å²) in [5, 5.41) is 13.7. The second-order valence-corrected chi connectivity index (χ2v) is 14.2. The Labute approximate surface area is 243 Å². The number of carbonyl (C=O) groups is 2. The first-order valence-corrected chi connectivity index (χ1v) is 16.7. The number of benzene rings is 2. The van der Waals surface area contributed by atoms with Crippen LogP contribution in [-0.2, 0) is 14.3 Å². The van der Waals surface area contributed by atoms with Crippen LogP contribution in [0.25, 0.3) is 0 Å². The van der Waals surface area contributed by atoms with Crippen molar-refractivity contribution in [3.05, 3.63) is 41.0 Å². The number of cyclic esters (lactones) is 1. The fourth-order valence-electron chi connectivity index (χ4n) is 5.88. The Morgan fingerprint density at radius 1 is 1.05 bits per heavy atom. The molecule has 2 saturated heterocycles. The van der Waals surface area contributed by atoms with Crippen LogP contribution in [0.2, 0.25) is 0 Å². The fourth-order valence-corrected chi connectivity index (χ4v) is 10.4. The van der Waals surface area contributed by atoms with E-state index in [0.717, 1.165) is 42.9 Å². The Kier molecular flexibility index (Phi) is 8.07. The molecule has 6 rings (SSSR count). The van der Waals surface area contributed by atoms with Crippen LogP contribution in [-0.4, -0.2) is 81.4 Å². The molecule has 0 aromatic heterocycles. The lowest BCUT2D eigenvalue weighted by atomic mass is 9.67. The average molecular weight is 607 g/mol. The number of hydrogen-bond acceptors (Lipinski definition) is 12. The summed E-state index contributed by atoms with van der Waals surface area (Å²) in [7, 11) is 7.69. The van der Waals surface area contributed by atoms with E-state index in [0.29, 0.717) is 23.9 Å². The molecule has 1 aliphatic carbocycles. The van der Waals surface area contributed by atoms with Gasteiger partial charge >= 0.3 is 5.97 Å². The van der Waals surface area contributed by atoms with Crippen LogP contribution in [0.15, 0.2) is 24.3 Å². The molecule has 0 radical (unpaired) electrons. The zero-order chi connectivity index (χ0) is 27.8. The Hall–Kier alpha value is -2.61. The van der Waals surface area contributed by atoms with E-state index in [4.69, 9.17) is 23.7 Å².